The molecule has 0 atom stereocenters. The number of sulfone groups is 1. The number of nitrogens with zero attached hydrogens (tertiary/aromatic N) is 3. The van der Waals surface area contributed by atoms with E-state index in [0.29, 0.717) is 10.7 Å². The number of aryl methyl sites for hydroxylation is 1. The van der Waals surface area contributed by atoms with Crippen LogP contribution in [-0.4, -0.2) is 30.5 Å². The number of amides is 1. The van der Waals surface area contributed by atoms with Crippen molar-refractivity contribution < 1.29 is 13.2 Å². The van der Waals surface area contributed by atoms with Gasteiger partial charge >= 0.3 is 0 Å². The van der Waals surface area contributed by atoms with Gasteiger partial charge < -0.3 is 0 Å². The molecule has 0 saturated carbocycles. The summed E-state index contributed by atoms with van der Waals surface area (Å²) in [5, 5.41) is 0.582. The topological polar surface area (TPSA) is 80.2 Å². The smallest absolute Gasteiger partial charge is 0.260 e. The van der Waals surface area contributed by atoms with Gasteiger partial charge in [-0.25, -0.2) is 13.4 Å². The first-order valence-corrected chi connectivity index (χ1v) is 12.5. The van der Waals surface area contributed by atoms with Crippen molar-refractivity contribution in [2.75, 3.05) is 11.2 Å². The average Bonchev–Trinajstić information content (AvgIpc) is 3.21. The normalized spacial score (nSPS) is 11.5. The minimum Gasteiger partial charge on any atom is -0.278 e. The Morgan fingerprint density at radius 3 is 2.45 bits per heavy atom. The second-order valence-electron chi connectivity index (χ2n) is 7.12. The predicted molar refractivity (Wildman–Crippen MR) is 123 cm³/mol. The molecular weight excluding hydrogens is 430 g/mol. The van der Waals surface area contributed by atoms with Crippen molar-refractivity contribution in [3.05, 3.63) is 83.7 Å². The van der Waals surface area contributed by atoms with Gasteiger partial charge in [0.1, 0.15) is 0 Å². The number of rotatable bonds is 6. The molecule has 0 fully saturated rings. The van der Waals surface area contributed by atoms with Crippen LogP contribution < -0.4 is 4.90 Å². The second-order valence-corrected chi connectivity index (χ2v) is 10.1. The first-order chi connectivity index (χ1) is 14.9. The van der Waals surface area contributed by atoms with Crippen LogP contribution in [0.2, 0.25) is 0 Å². The number of anilines is 1. The molecule has 2 heterocycles. The van der Waals surface area contributed by atoms with Crippen molar-refractivity contribution in [3.63, 3.8) is 0 Å². The number of hydrogen-bond acceptors (Lipinski definition) is 6. The summed E-state index contributed by atoms with van der Waals surface area (Å²) in [6.45, 7) is 2.34. The van der Waals surface area contributed by atoms with Crippen LogP contribution in [-0.2, 0) is 22.8 Å². The van der Waals surface area contributed by atoms with E-state index in [2.05, 4.69) is 11.9 Å². The SMILES string of the molecule is CCc1cccc2sc(N(Cc3ccccn3)C(=O)c3ccc(S(C)(=O)=O)cc3)nc12. The molecule has 31 heavy (non-hydrogen) atoms. The first-order valence-electron chi connectivity index (χ1n) is 9.77. The van der Waals surface area contributed by atoms with E-state index in [1.165, 1.54) is 35.6 Å². The summed E-state index contributed by atoms with van der Waals surface area (Å²) >= 11 is 1.45. The summed E-state index contributed by atoms with van der Waals surface area (Å²) in [5.41, 5.74) is 3.15. The summed E-state index contributed by atoms with van der Waals surface area (Å²) in [6, 6.07) is 17.6. The number of fused-ring (bicyclic) bond motifs is 1. The maximum absolute atomic E-state index is 13.5. The van der Waals surface area contributed by atoms with E-state index in [1.807, 2.05) is 36.4 Å². The largest absolute Gasteiger partial charge is 0.278 e. The molecule has 2 aromatic carbocycles. The lowest BCUT2D eigenvalue weighted by atomic mass is 10.1. The van der Waals surface area contributed by atoms with Crippen molar-refractivity contribution in [2.24, 2.45) is 0 Å². The highest BCUT2D eigenvalue weighted by Gasteiger charge is 2.23. The van der Waals surface area contributed by atoms with E-state index in [-0.39, 0.29) is 17.3 Å². The number of thiazole rings is 1. The summed E-state index contributed by atoms with van der Waals surface area (Å²) in [7, 11) is -3.34. The Bertz CT molecular complexity index is 1330. The molecular formula is C23H21N3O3S2. The summed E-state index contributed by atoms with van der Waals surface area (Å²) < 4.78 is 24.5. The fraction of sp³-hybridized carbons (Fsp3) is 0.174. The third-order valence-electron chi connectivity index (χ3n) is 4.92. The third-order valence-corrected chi connectivity index (χ3v) is 7.10. The molecule has 0 N–H and O–H groups in total. The monoisotopic (exact) mass is 451 g/mol. The Kier molecular flexibility index (Phi) is 5.84. The predicted octanol–water partition coefficient (Wildman–Crippen LogP) is 4.50. The number of benzene rings is 2. The maximum atomic E-state index is 13.5. The number of carbonyl (C=O) groups is 1. The van der Waals surface area contributed by atoms with Crippen molar-refractivity contribution in [1.29, 1.82) is 0 Å². The van der Waals surface area contributed by atoms with Crippen LogP contribution >= 0.6 is 11.3 Å². The van der Waals surface area contributed by atoms with Gasteiger partial charge in [-0.1, -0.05) is 36.5 Å². The van der Waals surface area contributed by atoms with Crippen molar-refractivity contribution in [1.82, 2.24) is 9.97 Å². The zero-order chi connectivity index (χ0) is 22.0. The number of para-hydroxylation sites is 1. The number of carbonyl (C=O) groups excluding carboxylic acids is 1. The summed E-state index contributed by atoms with van der Waals surface area (Å²) in [4.78, 5) is 24.4. The number of pyridine rings is 1. The average molecular weight is 452 g/mol. The lowest BCUT2D eigenvalue weighted by molar-refractivity contribution is 0.0984. The molecule has 0 radical (unpaired) electrons. The molecule has 0 bridgehead atoms. The zero-order valence-corrected chi connectivity index (χ0v) is 18.8. The fourth-order valence-electron chi connectivity index (χ4n) is 3.28. The summed E-state index contributed by atoms with van der Waals surface area (Å²) in [5.74, 6) is -0.261. The highest BCUT2D eigenvalue weighted by molar-refractivity contribution is 7.90. The van der Waals surface area contributed by atoms with Crippen LogP contribution in [0.15, 0.2) is 71.8 Å². The van der Waals surface area contributed by atoms with E-state index < -0.39 is 9.84 Å². The highest BCUT2D eigenvalue weighted by Crippen LogP contribution is 2.32. The minimum absolute atomic E-state index is 0.174. The quantitative estimate of drug-likeness (QED) is 0.431. The second kappa shape index (κ2) is 8.56. The third kappa shape index (κ3) is 4.50. The molecule has 8 heteroatoms. The van der Waals surface area contributed by atoms with E-state index in [1.54, 1.807) is 11.1 Å². The van der Waals surface area contributed by atoms with Gasteiger partial charge in [-0.05, 0) is 54.4 Å². The Morgan fingerprint density at radius 1 is 1.03 bits per heavy atom. The van der Waals surface area contributed by atoms with Crippen molar-refractivity contribution >= 4 is 42.4 Å². The van der Waals surface area contributed by atoms with Crippen molar-refractivity contribution in [3.8, 4) is 0 Å². The number of aromatic nitrogens is 2. The fourth-order valence-corrected chi connectivity index (χ4v) is 4.92. The van der Waals surface area contributed by atoms with Gasteiger partial charge in [0.2, 0.25) is 0 Å². The standard InChI is InChI=1S/C23H21N3O3S2/c1-3-16-7-6-9-20-21(16)25-23(30-20)26(15-18-8-4-5-14-24-18)22(27)17-10-12-19(13-11-17)31(2,28)29/h4-14H,3,15H2,1-2H3. The lowest BCUT2D eigenvalue weighted by Gasteiger charge is -2.19. The van der Waals surface area contributed by atoms with E-state index >= 15 is 0 Å². The molecule has 2 aromatic heterocycles. The van der Waals surface area contributed by atoms with Crippen LogP contribution in [0.25, 0.3) is 10.2 Å². The van der Waals surface area contributed by atoms with E-state index in [0.717, 1.165) is 34.2 Å². The zero-order valence-electron chi connectivity index (χ0n) is 17.1. The van der Waals surface area contributed by atoms with Crippen molar-refractivity contribution in [2.45, 2.75) is 24.8 Å². The molecule has 0 aliphatic carbocycles. The highest BCUT2D eigenvalue weighted by atomic mass is 32.2. The molecule has 1 amide bonds. The molecule has 0 unspecified atom stereocenters. The van der Waals surface area contributed by atoms with E-state index in [9.17, 15) is 13.2 Å². The van der Waals surface area contributed by atoms with E-state index in [4.69, 9.17) is 4.98 Å². The van der Waals surface area contributed by atoms with Gasteiger partial charge in [-0.3, -0.25) is 14.7 Å². The molecule has 4 rings (SSSR count). The lowest BCUT2D eigenvalue weighted by Crippen LogP contribution is -2.30. The molecule has 158 valence electrons. The Hall–Kier alpha value is -3.10. The van der Waals surface area contributed by atoms with Crippen LogP contribution in [0.3, 0.4) is 0 Å². The Balaban J connectivity index is 1.77. The van der Waals surface area contributed by atoms with Crippen LogP contribution in [0.5, 0.6) is 0 Å². The van der Waals surface area contributed by atoms with Crippen LogP contribution in [0.4, 0.5) is 5.13 Å². The van der Waals surface area contributed by atoms with Gasteiger partial charge in [0.05, 0.1) is 27.4 Å². The Labute approximate surface area is 185 Å². The Morgan fingerprint density at radius 2 is 1.81 bits per heavy atom. The molecule has 0 saturated heterocycles. The van der Waals surface area contributed by atoms with Crippen LogP contribution in [0, 0.1) is 0 Å². The molecule has 0 aliphatic rings. The van der Waals surface area contributed by atoms with Gasteiger partial charge in [0.25, 0.3) is 5.91 Å². The molecule has 6 nitrogen and oxygen atoms in total. The summed E-state index contributed by atoms with van der Waals surface area (Å²) in [6.07, 6.45) is 3.68. The minimum atomic E-state index is -3.34. The number of hydrogen-bond donors (Lipinski definition) is 0. The molecule has 0 aliphatic heterocycles. The van der Waals surface area contributed by atoms with Crippen LogP contribution in [0.1, 0.15) is 28.5 Å². The maximum Gasteiger partial charge on any atom is 0.260 e. The van der Waals surface area contributed by atoms with Gasteiger partial charge in [-0.15, -0.1) is 0 Å². The molecule has 4 aromatic rings. The van der Waals surface area contributed by atoms with Gasteiger partial charge in [0, 0.05) is 18.0 Å². The molecule has 0 spiro atoms. The van der Waals surface area contributed by atoms with Gasteiger partial charge in [0.15, 0.2) is 15.0 Å². The van der Waals surface area contributed by atoms with Gasteiger partial charge in [-0.2, -0.15) is 0 Å². The first kappa shape index (κ1) is 21.1.